The first-order valence-electron chi connectivity index (χ1n) is 29.2. The lowest BCUT2D eigenvalue weighted by atomic mass is 9.85. The van der Waals surface area contributed by atoms with Crippen LogP contribution in [0.5, 0.6) is 5.75 Å². The van der Waals surface area contributed by atoms with Crippen LogP contribution in [-0.2, 0) is 43.8 Å². The van der Waals surface area contributed by atoms with Gasteiger partial charge in [-0.3, -0.25) is 34.2 Å². The molecule has 0 radical (unpaired) electrons. The van der Waals surface area contributed by atoms with Crippen LogP contribution >= 0.6 is 34.0 Å². The summed E-state index contributed by atoms with van der Waals surface area (Å²) in [5.41, 5.74) is 7.24. The van der Waals surface area contributed by atoms with Crippen LogP contribution in [0, 0.1) is 30.0 Å². The second-order valence-electron chi connectivity index (χ2n) is 23.4. The van der Waals surface area contributed by atoms with Gasteiger partial charge in [-0.15, -0.1) is 22.7 Å². The summed E-state index contributed by atoms with van der Waals surface area (Å²) in [6.45, 7) is 10.5. The molecule has 2 aliphatic rings. The van der Waals surface area contributed by atoms with Crippen LogP contribution in [0.1, 0.15) is 126 Å². The van der Waals surface area contributed by atoms with E-state index in [1.54, 1.807) is 49.8 Å². The zero-order chi connectivity index (χ0) is 62.9. The number of benzene rings is 4. The third-order valence-electron chi connectivity index (χ3n) is 15.2. The van der Waals surface area contributed by atoms with Gasteiger partial charge in [0, 0.05) is 48.5 Å². The molecule has 3 aromatic heterocycles. The predicted molar refractivity (Wildman–Crippen MR) is 343 cm³/mol. The number of likely N-dealkylation sites (tertiary alicyclic amines) is 1. The fourth-order valence-electron chi connectivity index (χ4n) is 10.5. The Bertz CT molecular complexity index is 3840. The highest BCUT2D eigenvalue weighted by Gasteiger charge is 2.45. The van der Waals surface area contributed by atoms with Crippen molar-refractivity contribution in [2.24, 2.45) is 5.41 Å². The number of hydrogen-bond donors (Lipinski definition) is 5. The van der Waals surface area contributed by atoms with Crippen molar-refractivity contribution in [1.29, 1.82) is 0 Å². The van der Waals surface area contributed by atoms with Crippen molar-refractivity contribution in [1.82, 2.24) is 40.1 Å². The molecule has 464 valence electrons. The second-order valence-corrected chi connectivity index (χ2v) is 28.2. The topological polar surface area (TPSA) is 245 Å². The van der Waals surface area contributed by atoms with Crippen molar-refractivity contribution < 1.29 is 46.6 Å². The van der Waals surface area contributed by atoms with E-state index in [0.29, 0.717) is 58.6 Å². The normalized spacial score (nSPS) is 15.7. The average Bonchev–Trinajstić information content (AvgIpc) is 1.94. The van der Waals surface area contributed by atoms with Gasteiger partial charge in [0.25, 0.3) is 11.8 Å². The number of sulfonamides is 1. The summed E-state index contributed by atoms with van der Waals surface area (Å²) in [5.74, 6) is 2.33. The van der Waals surface area contributed by atoms with Crippen LogP contribution in [0.15, 0.2) is 90.4 Å². The number of aromatic nitrogens is 3. The maximum absolute atomic E-state index is 15.1. The van der Waals surface area contributed by atoms with Gasteiger partial charge < -0.3 is 30.3 Å². The summed E-state index contributed by atoms with van der Waals surface area (Å²) < 4.78 is 51.3. The lowest BCUT2D eigenvalue weighted by Crippen LogP contribution is -2.57. The van der Waals surface area contributed by atoms with Crippen LogP contribution in [-0.4, -0.2) is 132 Å². The third-order valence-corrected chi connectivity index (χ3v) is 19.6. The number of amides is 5. The van der Waals surface area contributed by atoms with Gasteiger partial charge in [0.2, 0.25) is 27.7 Å². The Morgan fingerprint density at radius 3 is 2.44 bits per heavy atom. The molecule has 0 spiro atoms. The Labute approximate surface area is 524 Å². The lowest BCUT2D eigenvalue weighted by Gasteiger charge is -2.35. The zero-order valence-electron chi connectivity index (χ0n) is 50.3. The van der Waals surface area contributed by atoms with Gasteiger partial charge in [-0.05, 0) is 124 Å². The maximum Gasteiger partial charge on any atom is 0.284 e. The zero-order valence-corrected chi connectivity index (χ0v) is 53.5. The van der Waals surface area contributed by atoms with E-state index in [1.807, 2.05) is 98.4 Å². The van der Waals surface area contributed by atoms with Crippen molar-refractivity contribution in [2.75, 3.05) is 56.3 Å². The number of rotatable bonds is 23. The fraction of sp³-hybridized carbons (Fsp3) is 0.406. The molecule has 88 heavy (non-hydrogen) atoms. The van der Waals surface area contributed by atoms with Crippen LogP contribution in [0.25, 0.3) is 20.7 Å². The molecule has 5 N–H and O–H groups in total. The molecule has 0 saturated carbocycles. The van der Waals surface area contributed by atoms with Crippen molar-refractivity contribution in [3.8, 4) is 28.0 Å². The molecule has 1 saturated heterocycles. The van der Waals surface area contributed by atoms with E-state index in [1.165, 1.54) is 39.7 Å². The quantitative estimate of drug-likeness (QED) is 0.0296. The average molecular weight is 1270 g/mol. The Hall–Kier alpha value is -7.66. The predicted octanol–water partition coefficient (Wildman–Crippen LogP) is 9.05. The summed E-state index contributed by atoms with van der Waals surface area (Å²) in [4.78, 5) is 90.0. The summed E-state index contributed by atoms with van der Waals surface area (Å²) in [5, 5.41) is 20.5. The summed E-state index contributed by atoms with van der Waals surface area (Å²) >= 11 is 4.15. The molecule has 7 aromatic rings. The number of nitrogens with zero attached hydrogens (tertiary/aromatic N) is 6. The SMILES string of the molecule is Cc1ncsc1-c1ccc([C@H](C)NC(=O)[C@@H]2C[C@@H](O)CN2C(=O)[C@H](NC(=O)CCCCCS(=O)(=O)NC(=O)c2nc(N3CCc4cccc(C(=O)Nc5nc6ccccc6s5)c4C3)sc2CCCOc2ccc(C#CCN(C)C)cc2F)C(C)(C)C)cc1. The number of carbonyl (C=O) groups is 5. The molecule has 4 atom stereocenters. The smallest absolute Gasteiger partial charge is 0.284 e. The largest absolute Gasteiger partial charge is 0.491 e. The number of carbonyl (C=O) groups excluding carboxylic acids is 5. The number of aliphatic hydroxyl groups excluding tert-OH is 1. The molecule has 1 fully saturated rings. The number of β-amino-alcohol motifs (C(OH)–C–C–N with tert-alkyl or cyclic N) is 1. The summed E-state index contributed by atoms with van der Waals surface area (Å²) in [6, 6.07) is 23.1. The second kappa shape index (κ2) is 28.7. The number of unbranched alkanes of at least 4 members (excludes halogenated alkanes) is 2. The van der Waals surface area contributed by atoms with Gasteiger partial charge >= 0.3 is 0 Å². The van der Waals surface area contributed by atoms with E-state index >= 15 is 4.39 Å². The standard InChI is InChI=1S/C64H73FN10O9S4/c1-39(42-24-26-44(27-25-42)56-40(2)66-38-85-56)67-59(79)50-35-45(76)36-75(50)61(81)57(64(3,4)5)69-54(77)22-9-8-12-33-88(82,83)72-60(80)55-53(21-15-32-84-51-28-23-41(34-48(51)65)16-14-30-73(6)7)87-63(70-55)74-31-29-43-17-13-18-46(47(43)37-74)58(78)71-62-68-49-19-10-11-20-52(49)86-62/h10-11,13,17-20,23-28,34,38-39,45,50,57,76H,8-9,12,15,21-22,29-33,35-37H2,1-7H3,(H,67,79)(H,69,77)(H,72,80)(H,68,71,78)/t39-,45+,50-,57-/m0/s1. The number of thiazole rings is 3. The number of hydrogen-bond acceptors (Lipinski definition) is 17. The molecule has 0 aliphatic carbocycles. The highest BCUT2D eigenvalue weighted by molar-refractivity contribution is 7.90. The van der Waals surface area contributed by atoms with Crippen LogP contribution in [0.2, 0.25) is 0 Å². The third kappa shape index (κ3) is 16.5. The highest BCUT2D eigenvalue weighted by atomic mass is 32.2. The molecule has 5 amide bonds. The van der Waals surface area contributed by atoms with E-state index in [2.05, 4.69) is 42.5 Å². The van der Waals surface area contributed by atoms with Crippen molar-refractivity contribution in [2.45, 2.75) is 117 Å². The van der Waals surface area contributed by atoms with Crippen LogP contribution in [0.4, 0.5) is 14.7 Å². The minimum Gasteiger partial charge on any atom is -0.491 e. The van der Waals surface area contributed by atoms with Crippen LogP contribution < -0.4 is 30.3 Å². The molecule has 24 heteroatoms. The van der Waals surface area contributed by atoms with Crippen molar-refractivity contribution >= 4 is 94.0 Å². The van der Waals surface area contributed by atoms with Gasteiger partial charge in [-0.25, -0.2) is 32.5 Å². The molecule has 9 rings (SSSR count). The number of para-hydroxylation sites is 1. The molecular formula is C64H73FN10O9S4. The Morgan fingerprint density at radius 2 is 1.72 bits per heavy atom. The summed E-state index contributed by atoms with van der Waals surface area (Å²) in [6.07, 6.45) is 0.823. The Kier molecular flexibility index (Phi) is 21.1. The van der Waals surface area contributed by atoms with E-state index < -0.39 is 74.9 Å². The molecule has 4 aromatic carbocycles. The minimum absolute atomic E-state index is 0.0307. The number of aliphatic hydroxyl groups is 1. The van der Waals surface area contributed by atoms with E-state index in [0.717, 1.165) is 43.0 Å². The number of halogens is 1. The number of nitrogens with one attached hydrogen (secondary N) is 4. The first kappa shape index (κ1) is 64.8. The Morgan fingerprint density at radius 1 is 0.932 bits per heavy atom. The van der Waals surface area contributed by atoms with Crippen molar-refractivity contribution in [3.63, 3.8) is 0 Å². The van der Waals surface area contributed by atoms with Gasteiger partial charge in [0.15, 0.2) is 21.8 Å². The van der Waals surface area contributed by atoms with Gasteiger partial charge in [0.05, 0.1) is 57.3 Å². The molecule has 0 bridgehead atoms. The number of ether oxygens (including phenoxy) is 1. The highest BCUT2D eigenvalue weighted by Crippen LogP contribution is 2.35. The van der Waals surface area contributed by atoms with E-state index in [9.17, 15) is 37.5 Å². The van der Waals surface area contributed by atoms with E-state index in [4.69, 9.17) is 9.72 Å². The first-order valence-corrected chi connectivity index (χ1v) is 33.4. The Balaban J connectivity index is 0.804. The minimum atomic E-state index is -4.22. The molecule has 5 heterocycles. The lowest BCUT2D eigenvalue weighted by molar-refractivity contribution is -0.144. The van der Waals surface area contributed by atoms with Gasteiger partial charge in [-0.2, -0.15) is 0 Å². The molecule has 2 aliphatic heterocycles. The van der Waals surface area contributed by atoms with Crippen molar-refractivity contribution in [3.05, 3.63) is 140 Å². The molecular weight excluding hydrogens is 1200 g/mol. The fourth-order valence-corrected chi connectivity index (χ4v) is 14.4. The van der Waals surface area contributed by atoms with E-state index in [-0.39, 0.29) is 69.2 Å². The summed E-state index contributed by atoms with van der Waals surface area (Å²) in [7, 11) is -0.448. The van der Waals surface area contributed by atoms with Gasteiger partial charge in [0.1, 0.15) is 17.8 Å². The van der Waals surface area contributed by atoms with Crippen LogP contribution in [0.3, 0.4) is 0 Å². The number of fused-ring (bicyclic) bond motifs is 2. The molecule has 19 nitrogen and oxygen atoms in total. The maximum atomic E-state index is 15.1. The first-order chi connectivity index (χ1) is 42.0. The number of anilines is 2. The monoisotopic (exact) mass is 1270 g/mol. The number of aryl methyl sites for hydroxylation is 2. The molecule has 0 unspecified atom stereocenters. The van der Waals surface area contributed by atoms with Gasteiger partial charge in [-0.1, -0.05) is 98.9 Å².